The quantitative estimate of drug-likeness (QED) is 0.296. The standard InChI is InChI=1S/C27H25FN4O3/c1-15-7-12-19-22(13-15)31-26(20-5-3-4-6-23(20)33)32-24(19)21(29)14-16(2)30-27(35)25(34)17-8-10-18(28)11-9-17/h3-13,16,25,29,33-34H,14H2,1-2H3,(H,30,35)/t16-,25?/m1/s1. The van der Waals surface area contributed by atoms with Gasteiger partial charge in [-0.1, -0.05) is 36.4 Å². The second-order valence-electron chi connectivity index (χ2n) is 8.48. The molecule has 178 valence electrons. The van der Waals surface area contributed by atoms with E-state index in [1.165, 1.54) is 24.3 Å². The van der Waals surface area contributed by atoms with Crippen molar-refractivity contribution in [1.29, 1.82) is 5.41 Å². The summed E-state index contributed by atoms with van der Waals surface area (Å²) in [5.41, 5.74) is 2.92. The number of rotatable bonds is 7. The van der Waals surface area contributed by atoms with Crippen molar-refractivity contribution in [2.24, 2.45) is 0 Å². The smallest absolute Gasteiger partial charge is 0.253 e. The maximum atomic E-state index is 13.1. The normalized spacial score (nSPS) is 12.8. The molecule has 0 saturated heterocycles. The van der Waals surface area contributed by atoms with E-state index >= 15 is 0 Å². The molecule has 3 aromatic carbocycles. The zero-order valence-electron chi connectivity index (χ0n) is 19.3. The summed E-state index contributed by atoms with van der Waals surface area (Å²) in [7, 11) is 0. The van der Waals surface area contributed by atoms with Crippen LogP contribution < -0.4 is 5.32 Å². The fraction of sp³-hybridized carbons (Fsp3) is 0.185. The number of benzene rings is 3. The van der Waals surface area contributed by atoms with Gasteiger partial charge in [-0.15, -0.1) is 0 Å². The Balaban J connectivity index is 1.58. The Morgan fingerprint density at radius 3 is 2.51 bits per heavy atom. The monoisotopic (exact) mass is 472 g/mol. The van der Waals surface area contributed by atoms with Crippen molar-refractivity contribution in [3.05, 3.63) is 89.4 Å². The Labute approximate surface area is 201 Å². The Hall–Kier alpha value is -4.17. The summed E-state index contributed by atoms with van der Waals surface area (Å²) in [4.78, 5) is 21.7. The zero-order valence-corrected chi connectivity index (χ0v) is 19.3. The molecule has 0 aliphatic heterocycles. The van der Waals surface area contributed by atoms with Gasteiger partial charge in [-0.2, -0.15) is 0 Å². The van der Waals surface area contributed by atoms with Crippen molar-refractivity contribution in [2.75, 3.05) is 0 Å². The van der Waals surface area contributed by atoms with Crippen LogP contribution in [0.25, 0.3) is 22.3 Å². The number of amides is 1. The van der Waals surface area contributed by atoms with Crippen LogP contribution in [0.5, 0.6) is 5.75 Å². The fourth-order valence-corrected chi connectivity index (χ4v) is 3.82. The molecule has 4 N–H and O–H groups in total. The number of carbonyl (C=O) groups excluding carboxylic acids is 1. The number of phenols is 1. The lowest BCUT2D eigenvalue weighted by Gasteiger charge is -2.18. The lowest BCUT2D eigenvalue weighted by atomic mass is 10.0. The molecule has 1 amide bonds. The SMILES string of the molecule is Cc1ccc2c(C(=N)C[C@@H](C)NC(=O)C(O)c3ccc(F)cc3)nc(-c3ccccc3O)nc2c1. The van der Waals surface area contributed by atoms with E-state index in [1.54, 1.807) is 31.2 Å². The average molecular weight is 473 g/mol. The second kappa shape index (κ2) is 9.99. The van der Waals surface area contributed by atoms with Crippen molar-refractivity contribution in [3.8, 4) is 17.1 Å². The molecule has 0 bridgehead atoms. The highest BCUT2D eigenvalue weighted by Gasteiger charge is 2.22. The summed E-state index contributed by atoms with van der Waals surface area (Å²) in [6, 6.07) is 16.9. The largest absolute Gasteiger partial charge is 0.507 e. The third kappa shape index (κ3) is 5.33. The summed E-state index contributed by atoms with van der Waals surface area (Å²) >= 11 is 0. The predicted molar refractivity (Wildman–Crippen MR) is 132 cm³/mol. The number of para-hydroxylation sites is 1. The third-order valence-electron chi connectivity index (χ3n) is 5.62. The van der Waals surface area contributed by atoms with Gasteiger partial charge in [0.15, 0.2) is 11.9 Å². The van der Waals surface area contributed by atoms with Crippen molar-refractivity contribution < 1.29 is 19.4 Å². The van der Waals surface area contributed by atoms with Gasteiger partial charge < -0.3 is 20.9 Å². The maximum absolute atomic E-state index is 13.1. The summed E-state index contributed by atoms with van der Waals surface area (Å²) in [6.45, 7) is 3.66. The highest BCUT2D eigenvalue weighted by atomic mass is 19.1. The Bertz CT molecular complexity index is 1410. The molecule has 1 aromatic heterocycles. The highest BCUT2D eigenvalue weighted by Crippen LogP contribution is 2.29. The summed E-state index contributed by atoms with van der Waals surface area (Å²) < 4.78 is 13.1. The van der Waals surface area contributed by atoms with E-state index in [9.17, 15) is 19.4 Å². The Morgan fingerprint density at radius 2 is 1.80 bits per heavy atom. The first-order valence-electron chi connectivity index (χ1n) is 11.1. The van der Waals surface area contributed by atoms with Crippen LogP contribution in [-0.4, -0.2) is 37.8 Å². The van der Waals surface area contributed by atoms with E-state index in [2.05, 4.69) is 15.3 Å². The molecular formula is C27H25FN4O3. The molecule has 0 radical (unpaired) electrons. The van der Waals surface area contributed by atoms with Gasteiger partial charge >= 0.3 is 0 Å². The van der Waals surface area contributed by atoms with E-state index < -0.39 is 23.9 Å². The molecule has 0 spiro atoms. The van der Waals surface area contributed by atoms with E-state index in [4.69, 9.17) is 5.41 Å². The first-order valence-corrected chi connectivity index (χ1v) is 11.1. The lowest BCUT2D eigenvalue weighted by molar-refractivity contribution is -0.130. The van der Waals surface area contributed by atoms with Gasteiger partial charge in [-0.3, -0.25) is 4.79 Å². The van der Waals surface area contributed by atoms with Crippen LogP contribution in [-0.2, 0) is 4.79 Å². The number of fused-ring (bicyclic) bond motifs is 1. The van der Waals surface area contributed by atoms with Gasteiger partial charge in [0, 0.05) is 17.8 Å². The molecule has 0 saturated carbocycles. The Kier molecular flexibility index (Phi) is 6.84. The molecule has 0 aliphatic carbocycles. The van der Waals surface area contributed by atoms with Crippen LogP contribution in [0.1, 0.15) is 36.3 Å². The Morgan fingerprint density at radius 1 is 1.09 bits per heavy atom. The number of nitrogens with zero attached hydrogens (tertiary/aromatic N) is 2. The lowest BCUT2D eigenvalue weighted by Crippen LogP contribution is -2.37. The number of aromatic nitrogens is 2. The number of halogens is 1. The van der Waals surface area contributed by atoms with Crippen LogP contribution in [0.15, 0.2) is 66.7 Å². The number of aryl methyl sites for hydroxylation is 1. The van der Waals surface area contributed by atoms with Gasteiger partial charge in [0.05, 0.1) is 22.5 Å². The van der Waals surface area contributed by atoms with Gasteiger partial charge in [-0.05, 0) is 55.3 Å². The molecule has 0 fully saturated rings. The highest BCUT2D eigenvalue weighted by molar-refractivity contribution is 6.08. The molecular weight excluding hydrogens is 447 g/mol. The maximum Gasteiger partial charge on any atom is 0.253 e. The molecule has 4 rings (SSSR count). The fourth-order valence-electron chi connectivity index (χ4n) is 3.82. The minimum atomic E-state index is -1.46. The zero-order chi connectivity index (χ0) is 25.1. The molecule has 35 heavy (non-hydrogen) atoms. The van der Waals surface area contributed by atoms with Crippen molar-refractivity contribution in [1.82, 2.24) is 15.3 Å². The third-order valence-corrected chi connectivity index (χ3v) is 5.62. The number of carbonyl (C=O) groups is 1. The van der Waals surface area contributed by atoms with Crippen LogP contribution in [0.4, 0.5) is 4.39 Å². The number of phenolic OH excluding ortho intramolecular Hbond substituents is 1. The van der Waals surface area contributed by atoms with E-state index in [1.807, 2.05) is 25.1 Å². The van der Waals surface area contributed by atoms with Gasteiger partial charge in [0.2, 0.25) is 0 Å². The number of hydrogen-bond acceptors (Lipinski definition) is 6. The molecule has 1 unspecified atom stereocenters. The predicted octanol–water partition coefficient (Wildman–Crippen LogP) is 4.45. The van der Waals surface area contributed by atoms with Crippen LogP contribution in [0, 0.1) is 18.2 Å². The average Bonchev–Trinajstić information content (AvgIpc) is 2.83. The van der Waals surface area contributed by atoms with Crippen molar-refractivity contribution >= 4 is 22.5 Å². The summed E-state index contributed by atoms with van der Waals surface area (Å²) in [6.07, 6.45) is -1.31. The first kappa shape index (κ1) is 24.0. The van der Waals surface area contributed by atoms with Gasteiger partial charge in [-0.25, -0.2) is 14.4 Å². The summed E-state index contributed by atoms with van der Waals surface area (Å²) in [5, 5.41) is 32.7. The first-order chi connectivity index (χ1) is 16.7. The number of aliphatic hydroxyl groups is 1. The summed E-state index contributed by atoms with van der Waals surface area (Å²) in [5.74, 6) is -0.773. The van der Waals surface area contributed by atoms with Crippen LogP contribution >= 0.6 is 0 Å². The van der Waals surface area contributed by atoms with E-state index in [0.29, 0.717) is 28.0 Å². The minimum absolute atomic E-state index is 0.0346. The second-order valence-corrected chi connectivity index (χ2v) is 8.48. The molecule has 4 aromatic rings. The van der Waals surface area contributed by atoms with Crippen molar-refractivity contribution in [3.63, 3.8) is 0 Å². The van der Waals surface area contributed by atoms with E-state index in [-0.39, 0.29) is 23.4 Å². The van der Waals surface area contributed by atoms with E-state index in [0.717, 1.165) is 5.56 Å². The van der Waals surface area contributed by atoms with Gasteiger partial charge in [0.25, 0.3) is 5.91 Å². The topological polar surface area (TPSA) is 119 Å². The molecule has 0 aliphatic rings. The molecule has 1 heterocycles. The minimum Gasteiger partial charge on any atom is -0.507 e. The van der Waals surface area contributed by atoms with Crippen LogP contribution in [0.3, 0.4) is 0 Å². The molecule has 7 nitrogen and oxygen atoms in total. The van der Waals surface area contributed by atoms with Gasteiger partial charge in [0.1, 0.15) is 11.6 Å². The molecule has 8 heteroatoms. The van der Waals surface area contributed by atoms with Crippen molar-refractivity contribution in [2.45, 2.75) is 32.4 Å². The number of nitrogens with one attached hydrogen (secondary N) is 2. The van der Waals surface area contributed by atoms with Crippen LogP contribution in [0.2, 0.25) is 0 Å². The number of aromatic hydroxyl groups is 1. The molecule has 2 atom stereocenters. The number of hydrogen-bond donors (Lipinski definition) is 4. The number of aliphatic hydroxyl groups excluding tert-OH is 1.